The number of nitrogens with two attached hydrogens (primary N) is 1. The second kappa shape index (κ2) is 9.09. The summed E-state index contributed by atoms with van der Waals surface area (Å²) < 4.78 is 5.48. The Bertz CT molecular complexity index is 989. The Morgan fingerprint density at radius 1 is 1.03 bits per heavy atom. The van der Waals surface area contributed by atoms with E-state index in [9.17, 15) is 0 Å². The number of ether oxygens (including phenoxy) is 1. The summed E-state index contributed by atoms with van der Waals surface area (Å²) in [6.45, 7) is 5.97. The van der Waals surface area contributed by atoms with Crippen LogP contribution < -0.4 is 25.6 Å². The van der Waals surface area contributed by atoms with Crippen molar-refractivity contribution in [2.45, 2.75) is 6.92 Å². The van der Waals surface area contributed by atoms with Gasteiger partial charge in [0.25, 0.3) is 0 Å². The van der Waals surface area contributed by atoms with Crippen LogP contribution in [0.5, 0.6) is 5.75 Å². The van der Waals surface area contributed by atoms with Gasteiger partial charge in [-0.1, -0.05) is 17.7 Å². The summed E-state index contributed by atoms with van der Waals surface area (Å²) >= 11 is 6.13. The second-order valence-electron chi connectivity index (χ2n) is 7.00. The van der Waals surface area contributed by atoms with Crippen molar-refractivity contribution in [3.8, 4) is 5.75 Å². The van der Waals surface area contributed by atoms with E-state index in [1.165, 1.54) is 0 Å². The standard InChI is InChI=1S/C22H25ClN6O/c1-2-30-19-8-6-17(7-9-19)27-21-20(24)22(26-15-25-21)29-12-10-28(11-13-29)18-5-3-4-16(23)14-18/h3-9,14-15H,2,10-13,24H2,1H3,(H,25,26,27). The molecule has 1 aliphatic rings. The first-order chi connectivity index (χ1) is 14.6. The SMILES string of the molecule is CCOc1ccc(Nc2ncnc(N3CCN(c4cccc(Cl)c4)CC3)c2N)cc1. The summed E-state index contributed by atoms with van der Waals surface area (Å²) in [6.07, 6.45) is 1.55. The van der Waals surface area contributed by atoms with E-state index in [1.54, 1.807) is 6.33 Å². The number of aromatic nitrogens is 2. The molecule has 156 valence electrons. The maximum Gasteiger partial charge on any atom is 0.159 e. The Kier molecular flexibility index (Phi) is 6.09. The summed E-state index contributed by atoms with van der Waals surface area (Å²) in [6, 6.07) is 15.7. The summed E-state index contributed by atoms with van der Waals surface area (Å²) in [5.41, 5.74) is 8.99. The van der Waals surface area contributed by atoms with Crippen molar-refractivity contribution < 1.29 is 4.74 Å². The van der Waals surface area contributed by atoms with Crippen molar-refractivity contribution in [1.29, 1.82) is 0 Å². The lowest BCUT2D eigenvalue weighted by Crippen LogP contribution is -2.47. The van der Waals surface area contributed by atoms with Crippen LogP contribution >= 0.6 is 11.6 Å². The van der Waals surface area contributed by atoms with E-state index in [0.29, 0.717) is 18.1 Å². The Morgan fingerprint density at radius 3 is 2.47 bits per heavy atom. The van der Waals surface area contributed by atoms with E-state index in [0.717, 1.165) is 54.1 Å². The molecule has 2 heterocycles. The number of anilines is 5. The molecule has 3 aromatic rings. The van der Waals surface area contributed by atoms with Crippen molar-refractivity contribution in [1.82, 2.24) is 9.97 Å². The Hall–Kier alpha value is -3.19. The summed E-state index contributed by atoms with van der Waals surface area (Å²) in [4.78, 5) is 13.3. The van der Waals surface area contributed by atoms with Crippen LogP contribution in [0.15, 0.2) is 54.9 Å². The number of nitrogens with one attached hydrogen (secondary N) is 1. The van der Waals surface area contributed by atoms with Crippen LogP contribution in [0.3, 0.4) is 0 Å². The van der Waals surface area contributed by atoms with E-state index in [-0.39, 0.29) is 0 Å². The number of nitrogens with zero attached hydrogens (tertiary/aromatic N) is 4. The molecule has 0 amide bonds. The van der Waals surface area contributed by atoms with E-state index < -0.39 is 0 Å². The van der Waals surface area contributed by atoms with Crippen LogP contribution in [0.2, 0.25) is 5.02 Å². The van der Waals surface area contributed by atoms with Crippen LogP contribution in [0.25, 0.3) is 0 Å². The Morgan fingerprint density at radius 2 is 1.77 bits per heavy atom. The number of benzene rings is 2. The predicted octanol–water partition coefficient (Wildman–Crippen LogP) is 4.18. The van der Waals surface area contributed by atoms with Gasteiger partial charge < -0.3 is 25.6 Å². The predicted molar refractivity (Wildman–Crippen MR) is 123 cm³/mol. The van der Waals surface area contributed by atoms with Gasteiger partial charge in [-0.2, -0.15) is 0 Å². The Labute approximate surface area is 181 Å². The quantitative estimate of drug-likeness (QED) is 0.614. The number of rotatable bonds is 6. The van der Waals surface area contributed by atoms with Gasteiger partial charge in [-0.15, -0.1) is 0 Å². The number of hydrogen-bond acceptors (Lipinski definition) is 7. The van der Waals surface area contributed by atoms with Crippen molar-refractivity contribution in [3.05, 3.63) is 59.9 Å². The van der Waals surface area contributed by atoms with Gasteiger partial charge in [0.1, 0.15) is 17.8 Å². The van der Waals surface area contributed by atoms with Crippen molar-refractivity contribution in [2.75, 3.05) is 53.6 Å². The normalized spacial score (nSPS) is 13.9. The molecule has 7 nitrogen and oxygen atoms in total. The average molecular weight is 425 g/mol. The van der Waals surface area contributed by atoms with Crippen LogP contribution in [-0.2, 0) is 0 Å². The monoisotopic (exact) mass is 424 g/mol. The zero-order chi connectivity index (χ0) is 20.9. The molecule has 2 aromatic carbocycles. The van der Waals surface area contributed by atoms with Gasteiger partial charge in [0, 0.05) is 42.6 Å². The third-order valence-corrected chi connectivity index (χ3v) is 5.28. The summed E-state index contributed by atoms with van der Waals surface area (Å²) in [7, 11) is 0. The van der Waals surface area contributed by atoms with Gasteiger partial charge in [-0.05, 0) is 49.4 Å². The number of hydrogen-bond donors (Lipinski definition) is 2. The fraction of sp³-hybridized carbons (Fsp3) is 0.273. The highest BCUT2D eigenvalue weighted by Gasteiger charge is 2.21. The van der Waals surface area contributed by atoms with Gasteiger partial charge in [0.15, 0.2) is 11.6 Å². The maximum atomic E-state index is 6.42. The Balaban J connectivity index is 1.44. The molecule has 0 saturated carbocycles. The van der Waals surface area contributed by atoms with Crippen LogP contribution in [0.4, 0.5) is 28.7 Å². The molecule has 3 N–H and O–H groups in total. The molecule has 0 aliphatic carbocycles. The molecule has 0 unspecified atom stereocenters. The van der Waals surface area contributed by atoms with Crippen LogP contribution in [-0.4, -0.2) is 42.8 Å². The van der Waals surface area contributed by atoms with Gasteiger partial charge >= 0.3 is 0 Å². The summed E-state index contributed by atoms with van der Waals surface area (Å²) in [5.74, 6) is 2.18. The molecule has 0 bridgehead atoms. The van der Waals surface area contributed by atoms with Crippen molar-refractivity contribution in [3.63, 3.8) is 0 Å². The van der Waals surface area contributed by atoms with Crippen molar-refractivity contribution in [2.24, 2.45) is 0 Å². The highest BCUT2D eigenvalue weighted by atomic mass is 35.5. The fourth-order valence-electron chi connectivity index (χ4n) is 3.53. The minimum absolute atomic E-state index is 0.544. The maximum absolute atomic E-state index is 6.42. The van der Waals surface area contributed by atoms with Crippen molar-refractivity contribution >= 4 is 40.3 Å². The summed E-state index contributed by atoms with van der Waals surface area (Å²) in [5, 5.41) is 4.03. The number of piperazine rings is 1. The molecule has 1 aliphatic heterocycles. The molecule has 1 saturated heterocycles. The molecule has 4 rings (SSSR count). The molecule has 8 heteroatoms. The lowest BCUT2D eigenvalue weighted by Gasteiger charge is -2.37. The molecule has 1 fully saturated rings. The number of halogens is 1. The topological polar surface area (TPSA) is 79.5 Å². The molecule has 0 atom stereocenters. The molecular formula is C22H25ClN6O. The molecule has 0 radical (unpaired) electrons. The molecule has 1 aromatic heterocycles. The first-order valence-corrected chi connectivity index (χ1v) is 10.4. The molecular weight excluding hydrogens is 400 g/mol. The second-order valence-corrected chi connectivity index (χ2v) is 7.43. The molecule has 30 heavy (non-hydrogen) atoms. The largest absolute Gasteiger partial charge is 0.494 e. The zero-order valence-electron chi connectivity index (χ0n) is 16.9. The van der Waals surface area contributed by atoms with Gasteiger partial charge in [-0.3, -0.25) is 0 Å². The lowest BCUT2D eigenvalue weighted by atomic mass is 10.2. The van der Waals surface area contributed by atoms with E-state index in [4.69, 9.17) is 22.1 Å². The third-order valence-electron chi connectivity index (χ3n) is 5.04. The minimum Gasteiger partial charge on any atom is -0.494 e. The van der Waals surface area contributed by atoms with E-state index >= 15 is 0 Å². The van der Waals surface area contributed by atoms with Gasteiger partial charge in [0.05, 0.1) is 6.61 Å². The van der Waals surface area contributed by atoms with E-state index in [2.05, 4.69) is 31.2 Å². The number of nitrogen functional groups attached to an aromatic ring is 1. The average Bonchev–Trinajstić information content (AvgIpc) is 2.77. The lowest BCUT2D eigenvalue weighted by molar-refractivity contribution is 0.340. The highest BCUT2D eigenvalue weighted by molar-refractivity contribution is 6.30. The first-order valence-electron chi connectivity index (χ1n) is 10.00. The van der Waals surface area contributed by atoms with Gasteiger partial charge in [-0.25, -0.2) is 9.97 Å². The van der Waals surface area contributed by atoms with Crippen LogP contribution in [0, 0.1) is 0 Å². The van der Waals surface area contributed by atoms with Crippen LogP contribution in [0.1, 0.15) is 6.92 Å². The first kappa shape index (κ1) is 20.1. The smallest absolute Gasteiger partial charge is 0.159 e. The molecule has 0 spiro atoms. The zero-order valence-corrected chi connectivity index (χ0v) is 17.6. The van der Waals surface area contributed by atoms with Gasteiger partial charge in [0.2, 0.25) is 0 Å². The third kappa shape index (κ3) is 4.52. The minimum atomic E-state index is 0.544. The fourth-order valence-corrected chi connectivity index (χ4v) is 3.71. The van der Waals surface area contributed by atoms with E-state index in [1.807, 2.05) is 49.4 Å². The highest BCUT2D eigenvalue weighted by Crippen LogP contribution is 2.30.